The Bertz CT molecular complexity index is 558. The van der Waals surface area contributed by atoms with E-state index in [1.807, 2.05) is 0 Å². The highest BCUT2D eigenvalue weighted by molar-refractivity contribution is 6.74. The maximum absolute atomic E-state index is 7.02. The third-order valence-corrected chi connectivity index (χ3v) is 18.6. The Morgan fingerprint density at radius 1 is 0.897 bits per heavy atom. The molecule has 0 amide bonds. The lowest BCUT2D eigenvalue weighted by molar-refractivity contribution is -0.0253. The molecule has 0 saturated heterocycles. The Hall–Kier alpha value is 0.354. The quantitative estimate of drug-likeness (QED) is 0.387. The maximum atomic E-state index is 7.02. The Morgan fingerprint density at radius 3 is 1.97 bits per heavy atom. The van der Waals surface area contributed by atoms with Crippen LogP contribution in [0, 0.1) is 23.2 Å². The van der Waals surface area contributed by atoms with Crippen molar-refractivity contribution in [3.05, 3.63) is 0 Å². The SMILES string of the molecule is CC(CO[Si](C)(C)C(C)(C)C)C1CCC2C(O[Si](C)(C)C(C)(C)C)CCCC12C. The van der Waals surface area contributed by atoms with Crippen molar-refractivity contribution in [2.45, 2.75) is 130 Å². The fourth-order valence-electron chi connectivity index (χ4n) is 5.46. The molecule has 4 heteroatoms. The monoisotopic (exact) mass is 440 g/mol. The van der Waals surface area contributed by atoms with E-state index >= 15 is 0 Å². The van der Waals surface area contributed by atoms with Crippen LogP contribution in [0.1, 0.15) is 87.5 Å². The van der Waals surface area contributed by atoms with Crippen molar-refractivity contribution in [1.82, 2.24) is 0 Å². The summed E-state index contributed by atoms with van der Waals surface area (Å²) < 4.78 is 13.7. The van der Waals surface area contributed by atoms with Gasteiger partial charge >= 0.3 is 0 Å². The van der Waals surface area contributed by atoms with Crippen LogP contribution in [0.2, 0.25) is 36.3 Å². The van der Waals surface area contributed by atoms with Gasteiger partial charge in [0.1, 0.15) is 0 Å². The molecule has 0 aromatic carbocycles. The molecule has 2 saturated carbocycles. The van der Waals surface area contributed by atoms with E-state index in [9.17, 15) is 0 Å². The second kappa shape index (κ2) is 8.37. The molecule has 0 aromatic rings. The largest absolute Gasteiger partial charge is 0.417 e. The minimum absolute atomic E-state index is 0.293. The van der Waals surface area contributed by atoms with Gasteiger partial charge in [-0.3, -0.25) is 0 Å². The van der Waals surface area contributed by atoms with Crippen molar-refractivity contribution in [2.75, 3.05) is 6.61 Å². The summed E-state index contributed by atoms with van der Waals surface area (Å²) in [4.78, 5) is 0. The van der Waals surface area contributed by atoms with Crippen molar-refractivity contribution in [2.24, 2.45) is 23.2 Å². The lowest BCUT2D eigenvalue weighted by Gasteiger charge is -2.50. The molecule has 0 spiro atoms. The lowest BCUT2D eigenvalue weighted by atomic mass is 9.62. The van der Waals surface area contributed by atoms with Gasteiger partial charge in [-0.15, -0.1) is 0 Å². The molecule has 2 rings (SSSR count). The van der Waals surface area contributed by atoms with E-state index in [1.165, 1.54) is 32.1 Å². The molecule has 0 aromatic heterocycles. The smallest absolute Gasteiger partial charge is 0.192 e. The van der Waals surface area contributed by atoms with Gasteiger partial charge in [0.05, 0.1) is 0 Å². The fourth-order valence-corrected chi connectivity index (χ4v) is 7.97. The second-order valence-electron chi connectivity index (χ2n) is 13.7. The van der Waals surface area contributed by atoms with Crippen LogP contribution in [-0.2, 0) is 8.85 Å². The molecule has 5 unspecified atom stereocenters. The van der Waals surface area contributed by atoms with E-state index in [-0.39, 0.29) is 0 Å². The summed E-state index contributed by atoms with van der Waals surface area (Å²) in [5.41, 5.74) is 0.432. The van der Waals surface area contributed by atoms with E-state index in [0.717, 1.165) is 18.4 Å². The normalized spacial score (nSPS) is 32.9. The predicted molar refractivity (Wildman–Crippen MR) is 133 cm³/mol. The zero-order chi connectivity index (χ0) is 22.5. The van der Waals surface area contributed by atoms with E-state index in [1.54, 1.807) is 0 Å². The molecule has 0 aliphatic heterocycles. The van der Waals surface area contributed by atoms with Crippen LogP contribution in [0.5, 0.6) is 0 Å². The summed E-state index contributed by atoms with van der Waals surface area (Å²) in [5, 5.41) is 0.588. The molecule has 2 nitrogen and oxygen atoms in total. The summed E-state index contributed by atoms with van der Waals surface area (Å²) in [6, 6.07) is 0. The van der Waals surface area contributed by atoms with Gasteiger partial charge in [-0.25, -0.2) is 0 Å². The molecular weight excluding hydrogens is 388 g/mol. The molecule has 2 aliphatic rings. The molecule has 0 bridgehead atoms. The minimum Gasteiger partial charge on any atom is -0.417 e. The molecule has 29 heavy (non-hydrogen) atoms. The molecule has 0 heterocycles. The fraction of sp³-hybridized carbons (Fsp3) is 1.00. The minimum atomic E-state index is -1.71. The first-order valence-electron chi connectivity index (χ1n) is 12.2. The van der Waals surface area contributed by atoms with E-state index in [2.05, 4.69) is 81.6 Å². The molecular formula is C25H52O2Si2. The van der Waals surface area contributed by atoms with E-state index < -0.39 is 16.6 Å². The van der Waals surface area contributed by atoms with Gasteiger partial charge in [0, 0.05) is 12.7 Å². The number of rotatable bonds is 6. The van der Waals surface area contributed by atoms with Crippen molar-refractivity contribution >= 4 is 16.6 Å². The molecule has 2 aliphatic carbocycles. The maximum Gasteiger partial charge on any atom is 0.192 e. The average molecular weight is 441 g/mol. The van der Waals surface area contributed by atoms with E-state index in [4.69, 9.17) is 8.85 Å². The molecule has 172 valence electrons. The Morgan fingerprint density at radius 2 is 1.45 bits per heavy atom. The van der Waals surface area contributed by atoms with Crippen LogP contribution in [-0.4, -0.2) is 29.3 Å². The highest BCUT2D eigenvalue weighted by Crippen LogP contribution is 2.59. The number of fused-ring (bicyclic) bond motifs is 1. The third-order valence-electron chi connectivity index (χ3n) is 9.59. The van der Waals surface area contributed by atoms with Gasteiger partial charge in [0.2, 0.25) is 0 Å². The van der Waals surface area contributed by atoms with Gasteiger partial charge in [0.15, 0.2) is 16.6 Å². The molecule has 0 N–H and O–H groups in total. The Labute approximate surface area is 185 Å². The highest BCUT2D eigenvalue weighted by atomic mass is 28.4. The highest BCUT2D eigenvalue weighted by Gasteiger charge is 2.54. The van der Waals surface area contributed by atoms with Crippen molar-refractivity contribution in [3.63, 3.8) is 0 Å². The summed E-state index contributed by atoms with van der Waals surface area (Å²) >= 11 is 0. The summed E-state index contributed by atoms with van der Waals surface area (Å²) in [6.07, 6.45) is 7.18. The Balaban J connectivity index is 2.09. The summed E-state index contributed by atoms with van der Waals surface area (Å²) in [6.45, 7) is 29.8. The zero-order valence-corrected chi connectivity index (χ0v) is 23.9. The van der Waals surface area contributed by atoms with Crippen molar-refractivity contribution in [1.29, 1.82) is 0 Å². The van der Waals surface area contributed by atoms with Gasteiger partial charge in [0.25, 0.3) is 0 Å². The van der Waals surface area contributed by atoms with Crippen LogP contribution < -0.4 is 0 Å². The first kappa shape index (κ1) is 25.6. The topological polar surface area (TPSA) is 18.5 Å². The number of hydrogen-bond donors (Lipinski definition) is 0. The summed E-state index contributed by atoms with van der Waals surface area (Å²) in [5.74, 6) is 2.17. The predicted octanol–water partition coefficient (Wildman–Crippen LogP) is 8.25. The Kier molecular flexibility index (Phi) is 7.39. The van der Waals surface area contributed by atoms with E-state index in [0.29, 0.717) is 27.5 Å². The average Bonchev–Trinajstić information content (AvgIpc) is 2.88. The van der Waals surface area contributed by atoms with Crippen molar-refractivity contribution in [3.8, 4) is 0 Å². The number of hydrogen-bond acceptors (Lipinski definition) is 2. The van der Waals surface area contributed by atoms with Gasteiger partial charge in [-0.2, -0.15) is 0 Å². The van der Waals surface area contributed by atoms with Crippen molar-refractivity contribution < 1.29 is 8.85 Å². The van der Waals surface area contributed by atoms with Crippen LogP contribution >= 0.6 is 0 Å². The third kappa shape index (κ3) is 5.23. The van der Waals surface area contributed by atoms with Crippen LogP contribution in [0.4, 0.5) is 0 Å². The molecule has 5 atom stereocenters. The first-order chi connectivity index (χ1) is 12.9. The van der Waals surface area contributed by atoms with Gasteiger partial charge in [-0.1, -0.05) is 61.8 Å². The second-order valence-corrected chi connectivity index (χ2v) is 23.2. The van der Waals surface area contributed by atoms with Crippen LogP contribution in [0.15, 0.2) is 0 Å². The lowest BCUT2D eigenvalue weighted by Crippen LogP contribution is -2.50. The zero-order valence-electron chi connectivity index (χ0n) is 21.9. The van der Waals surface area contributed by atoms with Gasteiger partial charge < -0.3 is 8.85 Å². The van der Waals surface area contributed by atoms with Crippen LogP contribution in [0.3, 0.4) is 0 Å². The standard InChI is InChI=1S/C25H52O2Si2/c1-19(18-26-28(9,10)23(2,3)4)20-15-16-21-22(14-13-17-25(20,21)8)27-29(11,12)24(5,6)7/h19-22H,13-18H2,1-12H3. The summed E-state index contributed by atoms with van der Waals surface area (Å²) in [7, 11) is -3.39. The van der Waals surface area contributed by atoms with Crippen LogP contribution in [0.25, 0.3) is 0 Å². The molecule has 2 fully saturated rings. The van der Waals surface area contributed by atoms with Gasteiger partial charge in [-0.05, 0) is 85.1 Å². The molecule has 0 radical (unpaired) electrons. The first-order valence-corrected chi connectivity index (χ1v) is 18.1.